The maximum absolute atomic E-state index is 5.27. The molecule has 0 amide bonds. The van der Waals surface area contributed by atoms with Crippen LogP contribution in [0.5, 0.6) is 5.75 Å². The molecular formula is C16H21N3O2. The van der Waals surface area contributed by atoms with Crippen molar-refractivity contribution < 1.29 is 9.47 Å². The van der Waals surface area contributed by atoms with E-state index in [1.165, 1.54) is 0 Å². The lowest BCUT2D eigenvalue weighted by Gasteiger charge is -2.10. The van der Waals surface area contributed by atoms with Crippen molar-refractivity contribution in [3.8, 4) is 17.0 Å². The molecule has 0 aliphatic carbocycles. The topological polar surface area (TPSA) is 56.3 Å². The lowest BCUT2D eigenvalue weighted by atomic mass is 10.1. The summed E-state index contributed by atoms with van der Waals surface area (Å²) in [5, 5.41) is 3.29. The van der Waals surface area contributed by atoms with Crippen LogP contribution in [-0.4, -0.2) is 30.7 Å². The predicted octanol–water partition coefficient (Wildman–Crippen LogP) is 3.12. The van der Waals surface area contributed by atoms with E-state index in [9.17, 15) is 0 Å². The molecule has 5 nitrogen and oxygen atoms in total. The molecule has 1 aromatic heterocycles. The molecule has 0 fully saturated rings. The van der Waals surface area contributed by atoms with E-state index in [4.69, 9.17) is 9.47 Å². The number of hydrogen-bond donors (Lipinski definition) is 1. The Morgan fingerprint density at radius 2 is 2.00 bits per heavy atom. The molecule has 1 heterocycles. The summed E-state index contributed by atoms with van der Waals surface area (Å²) in [6.45, 7) is 3.38. The standard InChI is InChI=1S/C16H21N3O2/c1-4-8-17-15-10-14(18-16(19-15)11-20-2)12-6-5-7-13(9-12)21-3/h5-7,9-10H,4,8,11H2,1-3H3,(H,17,18,19). The summed E-state index contributed by atoms with van der Waals surface area (Å²) in [5.41, 5.74) is 1.85. The first-order valence-electron chi connectivity index (χ1n) is 7.02. The fourth-order valence-corrected chi connectivity index (χ4v) is 1.96. The van der Waals surface area contributed by atoms with Crippen LogP contribution in [0, 0.1) is 0 Å². The Labute approximate surface area is 125 Å². The number of aromatic nitrogens is 2. The monoisotopic (exact) mass is 287 g/mol. The first-order chi connectivity index (χ1) is 10.3. The molecule has 0 spiro atoms. The summed E-state index contributed by atoms with van der Waals surface area (Å²) >= 11 is 0. The average molecular weight is 287 g/mol. The molecule has 1 N–H and O–H groups in total. The Morgan fingerprint density at radius 3 is 2.71 bits per heavy atom. The molecule has 21 heavy (non-hydrogen) atoms. The number of benzene rings is 1. The van der Waals surface area contributed by atoms with Gasteiger partial charge in [0.2, 0.25) is 0 Å². The summed E-state index contributed by atoms with van der Waals surface area (Å²) in [7, 11) is 3.30. The summed E-state index contributed by atoms with van der Waals surface area (Å²) in [6.07, 6.45) is 1.04. The molecule has 2 rings (SSSR count). The first-order valence-corrected chi connectivity index (χ1v) is 7.02. The van der Waals surface area contributed by atoms with Crippen LogP contribution >= 0.6 is 0 Å². The fraction of sp³-hybridized carbons (Fsp3) is 0.375. The summed E-state index contributed by atoms with van der Waals surface area (Å²) < 4.78 is 10.4. The van der Waals surface area contributed by atoms with Gasteiger partial charge < -0.3 is 14.8 Å². The number of methoxy groups -OCH3 is 2. The van der Waals surface area contributed by atoms with Gasteiger partial charge in [0.15, 0.2) is 5.82 Å². The third-order valence-corrected chi connectivity index (χ3v) is 2.97. The normalized spacial score (nSPS) is 10.4. The van der Waals surface area contributed by atoms with Gasteiger partial charge in [-0.25, -0.2) is 9.97 Å². The van der Waals surface area contributed by atoms with Crippen LogP contribution in [0.15, 0.2) is 30.3 Å². The molecule has 0 aliphatic heterocycles. The molecule has 0 unspecified atom stereocenters. The molecular weight excluding hydrogens is 266 g/mol. The van der Waals surface area contributed by atoms with Gasteiger partial charge in [0.05, 0.1) is 12.8 Å². The van der Waals surface area contributed by atoms with Crippen molar-refractivity contribution in [1.82, 2.24) is 9.97 Å². The number of nitrogens with zero attached hydrogens (tertiary/aromatic N) is 2. The van der Waals surface area contributed by atoms with Gasteiger partial charge in [-0.1, -0.05) is 19.1 Å². The van der Waals surface area contributed by atoms with Crippen LogP contribution in [0.2, 0.25) is 0 Å². The lowest BCUT2D eigenvalue weighted by Crippen LogP contribution is -2.06. The van der Waals surface area contributed by atoms with Crippen LogP contribution in [0.4, 0.5) is 5.82 Å². The van der Waals surface area contributed by atoms with E-state index in [1.807, 2.05) is 30.3 Å². The number of anilines is 1. The smallest absolute Gasteiger partial charge is 0.157 e. The van der Waals surface area contributed by atoms with E-state index in [2.05, 4.69) is 22.2 Å². The first kappa shape index (κ1) is 15.3. The van der Waals surface area contributed by atoms with Crippen molar-refractivity contribution in [1.29, 1.82) is 0 Å². The van der Waals surface area contributed by atoms with E-state index in [1.54, 1.807) is 14.2 Å². The molecule has 0 saturated heterocycles. The van der Waals surface area contributed by atoms with Crippen LogP contribution < -0.4 is 10.1 Å². The average Bonchev–Trinajstić information content (AvgIpc) is 2.53. The highest BCUT2D eigenvalue weighted by molar-refractivity contribution is 5.64. The zero-order chi connectivity index (χ0) is 15.1. The van der Waals surface area contributed by atoms with E-state index < -0.39 is 0 Å². The van der Waals surface area contributed by atoms with E-state index >= 15 is 0 Å². The molecule has 0 saturated carbocycles. The second-order valence-corrected chi connectivity index (χ2v) is 4.65. The maximum atomic E-state index is 5.27. The minimum absolute atomic E-state index is 0.388. The quantitative estimate of drug-likeness (QED) is 0.848. The van der Waals surface area contributed by atoms with E-state index in [0.29, 0.717) is 12.4 Å². The summed E-state index contributed by atoms with van der Waals surface area (Å²) in [5.74, 6) is 2.29. The van der Waals surface area contributed by atoms with Crippen LogP contribution in [0.25, 0.3) is 11.3 Å². The van der Waals surface area contributed by atoms with Crippen molar-refractivity contribution >= 4 is 5.82 Å². The highest BCUT2D eigenvalue weighted by Gasteiger charge is 2.07. The lowest BCUT2D eigenvalue weighted by molar-refractivity contribution is 0.178. The van der Waals surface area contributed by atoms with Gasteiger partial charge in [0.25, 0.3) is 0 Å². The Bertz CT molecular complexity index is 587. The van der Waals surface area contributed by atoms with Gasteiger partial charge in [0, 0.05) is 25.3 Å². The molecule has 2 aromatic rings. The summed E-state index contributed by atoms with van der Waals surface area (Å²) in [6, 6.07) is 9.78. The predicted molar refractivity (Wildman–Crippen MR) is 83.5 cm³/mol. The zero-order valence-electron chi connectivity index (χ0n) is 12.7. The second-order valence-electron chi connectivity index (χ2n) is 4.65. The molecule has 0 radical (unpaired) electrons. The Morgan fingerprint density at radius 1 is 1.14 bits per heavy atom. The van der Waals surface area contributed by atoms with Crippen molar-refractivity contribution in [2.45, 2.75) is 20.0 Å². The van der Waals surface area contributed by atoms with Crippen LogP contribution in [-0.2, 0) is 11.3 Å². The van der Waals surface area contributed by atoms with Crippen molar-refractivity contribution in [3.63, 3.8) is 0 Å². The van der Waals surface area contributed by atoms with Gasteiger partial charge in [0.1, 0.15) is 18.2 Å². The molecule has 5 heteroatoms. The highest BCUT2D eigenvalue weighted by atomic mass is 16.5. The Kier molecular flexibility index (Phi) is 5.51. The Hall–Kier alpha value is -2.14. The molecule has 0 aliphatic rings. The van der Waals surface area contributed by atoms with Crippen LogP contribution in [0.1, 0.15) is 19.2 Å². The van der Waals surface area contributed by atoms with Gasteiger partial charge >= 0.3 is 0 Å². The van der Waals surface area contributed by atoms with Crippen molar-refractivity contribution in [2.24, 2.45) is 0 Å². The zero-order valence-corrected chi connectivity index (χ0v) is 12.7. The number of rotatable bonds is 7. The van der Waals surface area contributed by atoms with Gasteiger partial charge in [-0.05, 0) is 18.6 Å². The number of hydrogen-bond acceptors (Lipinski definition) is 5. The Balaban J connectivity index is 2.37. The maximum Gasteiger partial charge on any atom is 0.157 e. The van der Waals surface area contributed by atoms with Crippen LogP contribution in [0.3, 0.4) is 0 Å². The second kappa shape index (κ2) is 7.59. The molecule has 0 bridgehead atoms. The molecule has 0 atom stereocenters. The third-order valence-electron chi connectivity index (χ3n) is 2.97. The van der Waals surface area contributed by atoms with E-state index in [-0.39, 0.29) is 0 Å². The molecule has 112 valence electrons. The van der Waals surface area contributed by atoms with Gasteiger partial charge in [-0.3, -0.25) is 0 Å². The van der Waals surface area contributed by atoms with Crippen molar-refractivity contribution in [3.05, 3.63) is 36.2 Å². The minimum atomic E-state index is 0.388. The highest BCUT2D eigenvalue weighted by Crippen LogP contribution is 2.24. The molecule has 1 aromatic carbocycles. The van der Waals surface area contributed by atoms with Gasteiger partial charge in [-0.2, -0.15) is 0 Å². The number of ether oxygens (including phenoxy) is 2. The largest absolute Gasteiger partial charge is 0.497 e. The van der Waals surface area contributed by atoms with Crippen molar-refractivity contribution in [2.75, 3.05) is 26.1 Å². The SMILES string of the molecule is CCCNc1cc(-c2cccc(OC)c2)nc(COC)n1. The fourth-order valence-electron chi connectivity index (χ4n) is 1.96. The van der Waals surface area contributed by atoms with E-state index in [0.717, 1.165) is 35.8 Å². The summed E-state index contributed by atoms with van der Waals surface area (Å²) in [4.78, 5) is 9.00. The number of nitrogens with one attached hydrogen (secondary N) is 1. The minimum Gasteiger partial charge on any atom is -0.497 e. The third kappa shape index (κ3) is 4.16. The van der Waals surface area contributed by atoms with Gasteiger partial charge in [-0.15, -0.1) is 0 Å².